The molecule has 1 N–H and O–H groups in total. The van der Waals surface area contributed by atoms with E-state index in [0.717, 1.165) is 38.5 Å². The number of rotatable bonds is 8. The Labute approximate surface area is 123 Å². The minimum absolute atomic E-state index is 0.926. The molecule has 1 aromatic rings. The van der Waals surface area contributed by atoms with E-state index in [1.807, 2.05) is 6.26 Å². The lowest BCUT2D eigenvalue weighted by atomic mass is 10.2. The fraction of sp³-hybridized carbons (Fsp3) is 0.750. The average molecular weight is 279 g/mol. The Hall–Kier alpha value is -0.840. The first kappa shape index (κ1) is 15.5. The van der Waals surface area contributed by atoms with E-state index in [0.29, 0.717) is 0 Å². The summed E-state index contributed by atoms with van der Waals surface area (Å²) in [4.78, 5) is 5.07. The van der Waals surface area contributed by atoms with Crippen LogP contribution in [0.15, 0.2) is 16.7 Å². The summed E-state index contributed by atoms with van der Waals surface area (Å²) < 4.78 is 5.68. The van der Waals surface area contributed by atoms with Gasteiger partial charge in [0.05, 0.1) is 12.8 Å². The molecule has 1 saturated heterocycles. The maximum atomic E-state index is 5.68. The SMILES string of the molecule is CCCNCc1ccoc1CN1CCN(CCC)CC1. The largest absolute Gasteiger partial charge is 0.468 e. The molecule has 0 bridgehead atoms. The standard InChI is InChI=1S/C16H29N3O/c1-3-6-17-13-15-5-12-20-16(15)14-19-10-8-18(7-4-2)9-11-19/h5,12,17H,3-4,6-11,13-14H2,1-2H3. The molecule has 0 saturated carbocycles. The Morgan fingerprint density at radius 2 is 1.85 bits per heavy atom. The fourth-order valence-corrected chi connectivity index (χ4v) is 2.75. The van der Waals surface area contributed by atoms with E-state index >= 15 is 0 Å². The molecule has 1 aliphatic rings. The zero-order valence-electron chi connectivity index (χ0n) is 13.0. The van der Waals surface area contributed by atoms with Crippen LogP contribution >= 0.6 is 0 Å². The van der Waals surface area contributed by atoms with Crippen LogP contribution in [-0.2, 0) is 13.1 Å². The zero-order chi connectivity index (χ0) is 14.2. The van der Waals surface area contributed by atoms with Crippen molar-refractivity contribution in [1.82, 2.24) is 15.1 Å². The number of furan rings is 1. The van der Waals surface area contributed by atoms with Crippen molar-refractivity contribution in [3.63, 3.8) is 0 Å². The highest BCUT2D eigenvalue weighted by Crippen LogP contribution is 2.15. The van der Waals surface area contributed by atoms with Gasteiger partial charge in [-0.3, -0.25) is 4.90 Å². The Morgan fingerprint density at radius 3 is 2.55 bits per heavy atom. The van der Waals surface area contributed by atoms with E-state index in [1.165, 1.54) is 38.0 Å². The van der Waals surface area contributed by atoms with E-state index < -0.39 is 0 Å². The van der Waals surface area contributed by atoms with Gasteiger partial charge < -0.3 is 14.6 Å². The van der Waals surface area contributed by atoms with E-state index in [9.17, 15) is 0 Å². The number of nitrogens with zero attached hydrogens (tertiary/aromatic N) is 2. The molecule has 114 valence electrons. The van der Waals surface area contributed by atoms with Crippen LogP contribution in [0.5, 0.6) is 0 Å². The molecule has 2 heterocycles. The molecule has 2 rings (SSSR count). The molecule has 1 aliphatic heterocycles. The van der Waals surface area contributed by atoms with Crippen molar-refractivity contribution in [2.45, 2.75) is 39.8 Å². The summed E-state index contributed by atoms with van der Waals surface area (Å²) in [5.74, 6) is 1.14. The van der Waals surface area contributed by atoms with Crippen molar-refractivity contribution in [3.05, 3.63) is 23.7 Å². The van der Waals surface area contributed by atoms with Gasteiger partial charge in [0, 0.05) is 38.3 Å². The molecule has 0 spiro atoms. The van der Waals surface area contributed by atoms with Crippen LogP contribution in [0.4, 0.5) is 0 Å². The number of hydrogen-bond donors (Lipinski definition) is 1. The van der Waals surface area contributed by atoms with Gasteiger partial charge in [-0.1, -0.05) is 13.8 Å². The second-order valence-corrected chi connectivity index (χ2v) is 5.66. The van der Waals surface area contributed by atoms with E-state index in [1.54, 1.807) is 0 Å². The number of nitrogens with one attached hydrogen (secondary N) is 1. The van der Waals surface area contributed by atoms with Gasteiger partial charge in [0.1, 0.15) is 5.76 Å². The predicted molar refractivity (Wildman–Crippen MR) is 82.7 cm³/mol. The van der Waals surface area contributed by atoms with Gasteiger partial charge in [0.25, 0.3) is 0 Å². The monoisotopic (exact) mass is 279 g/mol. The first-order valence-electron chi connectivity index (χ1n) is 8.04. The van der Waals surface area contributed by atoms with Crippen molar-refractivity contribution in [2.24, 2.45) is 0 Å². The Kier molecular flexibility index (Phi) is 6.57. The summed E-state index contributed by atoms with van der Waals surface area (Å²) in [6.07, 6.45) is 4.25. The minimum Gasteiger partial charge on any atom is -0.468 e. The lowest BCUT2D eigenvalue weighted by Gasteiger charge is -2.34. The third-order valence-corrected chi connectivity index (χ3v) is 3.95. The third kappa shape index (κ3) is 4.62. The van der Waals surface area contributed by atoms with Crippen LogP contribution in [0, 0.1) is 0 Å². The summed E-state index contributed by atoms with van der Waals surface area (Å²) in [7, 11) is 0. The van der Waals surface area contributed by atoms with Gasteiger partial charge in [0.15, 0.2) is 0 Å². The molecule has 1 fully saturated rings. The summed E-state index contributed by atoms with van der Waals surface area (Å²) >= 11 is 0. The van der Waals surface area contributed by atoms with Crippen LogP contribution in [0.2, 0.25) is 0 Å². The van der Waals surface area contributed by atoms with Crippen molar-refractivity contribution in [2.75, 3.05) is 39.3 Å². The maximum absolute atomic E-state index is 5.68. The lowest BCUT2D eigenvalue weighted by Crippen LogP contribution is -2.46. The normalized spacial score (nSPS) is 17.7. The molecule has 4 nitrogen and oxygen atoms in total. The Bertz CT molecular complexity index is 370. The molecular formula is C16H29N3O. The van der Waals surface area contributed by atoms with Gasteiger partial charge in [0.2, 0.25) is 0 Å². The maximum Gasteiger partial charge on any atom is 0.122 e. The summed E-state index contributed by atoms with van der Waals surface area (Å²) in [6.45, 7) is 13.3. The van der Waals surface area contributed by atoms with Crippen molar-refractivity contribution >= 4 is 0 Å². The predicted octanol–water partition coefficient (Wildman–Crippen LogP) is 2.31. The third-order valence-electron chi connectivity index (χ3n) is 3.95. The van der Waals surface area contributed by atoms with Gasteiger partial charge in [-0.15, -0.1) is 0 Å². The summed E-state index contributed by atoms with van der Waals surface area (Å²) in [5.41, 5.74) is 1.31. The van der Waals surface area contributed by atoms with Gasteiger partial charge >= 0.3 is 0 Å². The smallest absolute Gasteiger partial charge is 0.122 e. The Morgan fingerprint density at radius 1 is 1.10 bits per heavy atom. The molecular weight excluding hydrogens is 250 g/mol. The molecule has 0 aliphatic carbocycles. The molecule has 0 unspecified atom stereocenters. The minimum atomic E-state index is 0.926. The van der Waals surface area contributed by atoms with Crippen LogP contribution in [0.25, 0.3) is 0 Å². The average Bonchev–Trinajstić information content (AvgIpc) is 2.89. The zero-order valence-corrected chi connectivity index (χ0v) is 13.0. The van der Waals surface area contributed by atoms with E-state index in [4.69, 9.17) is 4.42 Å². The molecule has 20 heavy (non-hydrogen) atoms. The van der Waals surface area contributed by atoms with Gasteiger partial charge in [-0.25, -0.2) is 0 Å². The van der Waals surface area contributed by atoms with Crippen LogP contribution in [0.3, 0.4) is 0 Å². The van der Waals surface area contributed by atoms with Gasteiger partial charge in [-0.2, -0.15) is 0 Å². The molecule has 0 atom stereocenters. The topological polar surface area (TPSA) is 31.7 Å². The number of piperazine rings is 1. The first-order valence-corrected chi connectivity index (χ1v) is 8.04. The van der Waals surface area contributed by atoms with Crippen LogP contribution in [-0.4, -0.2) is 49.1 Å². The highest BCUT2D eigenvalue weighted by atomic mass is 16.3. The fourth-order valence-electron chi connectivity index (χ4n) is 2.75. The second kappa shape index (κ2) is 8.45. The van der Waals surface area contributed by atoms with Crippen molar-refractivity contribution < 1.29 is 4.42 Å². The van der Waals surface area contributed by atoms with Crippen molar-refractivity contribution in [1.29, 1.82) is 0 Å². The van der Waals surface area contributed by atoms with Crippen LogP contribution in [0.1, 0.15) is 38.0 Å². The van der Waals surface area contributed by atoms with Crippen molar-refractivity contribution in [3.8, 4) is 0 Å². The summed E-state index contributed by atoms with van der Waals surface area (Å²) in [6, 6.07) is 2.10. The quantitative estimate of drug-likeness (QED) is 0.740. The van der Waals surface area contributed by atoms with E-state index in [-0.39, 0.29) is 0 Å². The van der Waals surface area contributed by atoms with E-state index in [2.05, 4.69) is 35.0 Å². The first-order chi connectivity index (χ1) is 9.83. The molecule has 1 aromatic heterocycles. The summed E-state index contributed by atoms with van der Waals surface area (Å²) in [5, 5.41) is 3.45. The highest BCUT2D eigenvalue weighted by Gasteiger charge is 2.18. The number of hydrogen-bond acceptors (Lipinski definition) is 4. The highest BCUT2D eigenvalue weighted by molar-refractivity contribution is 5.16. The van der Waals surface area contributed by atoms with Gasteiger partial charge in [-0.05, 0) is 32.0 Å². The Balaban J connectivity index is 1.78. The lowest BCUT2D eigenvalue weighted by molar-refractivity contribution is 0.120. The molecule has 0 amide bonds. The molecule has 0 radical (unpaired) electrons. The molecule has 4 heteroatoms. The van der Waals surface area contributed by atoms with Crippen LogP contribution < -0.4 is 5.32 Å². The molecule has 0 aromatic carbocycles. The second-order valence-electron chi connectivity index (χ2n) is 5.66.